The van der Waals surface area contributed by atoms with Crippen LogP contribution in [0.1, 0.15) is 32.4 Å². The zero-order chi connectivity index (χ0) is 16.4. The zero-order valence-corrected chi connectivity index (χ0v) is 13.3. The summed E-state index contributed by atoms with van der Waals surface area (Å²) in [5, 5.41) is 6.37. The molecule has 0 aliphatic rings. The van der Waals surface area contributed by atoms with E-state index in [9.17, 15) is 4.79 Å². The highest BCUT2D eigenvalue weighted by atomic mass is 16.3. The number of aromatic nitrogens is 3. The molecule has 23 heavy (non-hydrogen) atoms. The van der Waals surface area contributed by atoms with Crippen molar-refractivity contribution < 1.29 is 9.21 Å². The third-order valence-corrected chi connectivity index (χ3v) is 3.40. The van der Waals surface area contributed by atoms with Gasteiger partial charge in [-0.05, 0) is 12.1 Å². The van der Waals surface area contributed by atoms with E-state index in [-0.39, 0.29) is 18.0 Å². The number of hydrogen-bond acceptors (Lipinski definition) is 4. The lowest BCUT2D eigenvalue weighted by atomic mass is 9.93. The maximum atomic E-state index is 11.9. The SMILES string of the molecule is CC(C)(C)c1coc(CNC(=O)Nc2cc3cc[nH]c3cn2)n1. The van der Waals surface area contributed by atoms with Crippen molar-refractivity contribution in [2.24, 2.45) is 0 Å². The van der Waals surface area contributed by atoms with Crippen molar-refractivity contribution in [2.75, 3.05) is 5.32 Å². The molecule has 7 heteroatoms. The van der Waals surface area contributed by atoms with Crippen molar-refractivity contribution in [2.45, 2.75) is 32.7 Å². The van der Waals surface area contributed by atoms with Gasteiger partial charge in [0, 0.05) is 17.0 Å². The molecule has 0 saturated heterocycles. The van der Waals surface area contributed by atoms with Gasteiger partial charge in [-0.2, -0.15) is 0 Å². The first kappa shape index (κ1) is 15.1. The van der Waals surface area contributed by atoms with Crippen molar-refractivity contribution in [3.05, 3.63) is 42.4 Å². The van der Waals surface area contributed by atoms with Gasteiger partial charge in [0.25, 0.3) is 0 Å². The summed E-state index contributed by atoms with van der Waals surface area (Å²) in [6.45, 7) is 6.38. The van der Waals surface area contributed by atoms with E-state index < -0.39 is 0 Å². The summed E-state index contributed by atoms with van der Waals surface area (Å²) < 4.78 is 5.37. The van der Waals surface area contributed by atoms with E-state index in [1.165, 1.54) is 0 Å². The molecule has 0 radical (unpaired) electrons. The highest BCUT2D eigenvalue weighted by molar-refractivity contribution is 5.90. The number of nitrogens with zero attached hydrogens (tertiary/aromatic N) is 2. The number of amides is 2. The molecule has 0 aliphatic carbocycles. The van der Waals surface area contributed by atoms with Gasteiger partial charge in [-0.3, -0.25) is 5.32 Å². The second-order valence-electron chi connectivity index (χ2n) is 6.32. The molecule has 3 aromatic heterocycles. The summed E-state index contributed by atoms with van der Waals surface area (Å²) in [5.74, 6) is 0.955. The molecule has 0 aliphatic heterocycles. The first-order valence-electron chi connectivity index (χ1n) is 7.35. The van der Waals surface area contributed by atoms with Crippen LogP contribution < -0.4 is 10.6 Å². The molecule has 0 bridgehead atoms. The Kier molecular flexibility index (Phi) is 3.77. The van der Waals surface area contributed by atoms with Gasteiger partial charge in [-0.15, -0.1) is 0 Å². The minimum Gasteiger partial charge on any atom is -0.447 e. The fourth-order valence-electron chi connectivity index (χ4n) is 2.07. The number of aromatic amines is 1. The van der Waals surface area contributed by atoms with Crippen LogP contribution >= 0.6 is 0 Å². The molecule has 0 atom stereocenters. The van der Waals surface area contributed by atoms with E-state index in [2.05, 4.69) is 46.4 Å². The lowest BCUT2D eigenvalue weighted by molar-refractivity contribution is 0.250. The molecule has 2 amide bonds. The van der Waals surface area contributed by atoms with Crippen LogP contribution in [-0.2, 0) is 12.0 Å². The fourth-order valence-corrected chi connectivity index (χ4v) is 2.07. The van der Waals surface area contributed by atoms with Crippen molar-refractivity contribution >= 4 is 22.8 Å². The quantitative estimate of drug-likeness (QED) is 0.692. The van der Waals surface area contributed by atoms with Gasteiger partial charge in [0.1, 0.15) is 12.1 Å². The minimum absolute atomic E-state index is 0.0834. The Morgan fingerprint density at radius 2 is 2.22 bits per heavy atom. The summed E-state index contributed by atoms with van der Waals surface area (Å²) in [4.78, 5) is 23.5. The number of fused-ring (bicyclic) bond motifs is 1. The standard InChI is InChI=1S/C16H19N5O2/c1-16(2,3)12-9-23-14(20-12)8-19-15(22)21-13-6-10-4-5-17-11(10)7-18-13/h4-7,9,17H,8H2,1-3H3,(H2,18,19,21,22). The number of H-pyrrole nitrogens is 1. The lowest BCUT2D eigenvalue weighted by Crippen LogP contribution is -2.28. The topological polar surface area (TPSA) is 95.8 Å². The summed E-state index contributed by atoms with van der Waals surface area (Å²) in [5.41, 5.74) is 1.69. The highest BCUT2D eigenvalue weighted by Crippen LogP contribution is 2.21. The van der Waals surface area contributed by atoms with Crippen molar-refractivity contribution in [1.82, 2.24) is 20.3 Å². The molecule has 0 aromatic carbocycles. The van der Waals surface area contributed by atoms with Gasteiger partial charge in [0.15, 0.2) is 0 Å². The van der Waals surface area contributed by atoms with Gasteiger partial charge < -0.3 is 14.7 Å². The molecule has 3 heterocycles. The predicted molar refractivity (Wildman–Crippen MR) is 87.2 cm³/mol. The average molecular weight is 313 g/mol. The van der Waals surface area contributed by atoms with Crippen LogP contribution in [0.5, 0.6) is 0 Å². The van der Waals surface area contributed by atoms with E-state index in [0.717, 1.165) is 16.6 Å². The van der Waals surface area contributed by atoms with Gasteiger partial charge in [0.2, 0.25) is 5.89 Å². The van der Waals surface area contributed by atoms with E-state index in [0.29, 0.717) is 11.7 Å². The fraction of sp³-hybridized carbons (Fsp3) is 0.312. The maximum absolute atomic E-state index is 11.9. The number of carbonyl (C=O) groups is 1. The average Bonchev–Trinajstić information content (AvgIpc) is 3.13. The number of rotatable bonds is 3. The largest absolute Gasteiger partial charge is 0.447 e. The molecule has 120 valence electrons. The van der Waals surface area contributed by atoms with Crippen LogP contribution in [0.3, 0.4) is 0 Å². The highest BCUT2D eigenvalue weighted by Gasteiger charge is 2.18. The Morgan fingerprint density at radius 3 is 2.96 bits per heavy atom. The molecule has 0 spiro atoms. The van der Waals surface area contributed by atoms with E-state index >= 15 is 0 Å². The third-order valence-electron chi connectivity index (χ3n) is 3.40. The molecule has 3 rings (SSSR count). The van der Waals surface area contributed by atoms with Crippen LogP contribution in [0, 0.1) is 0 Å². The summed E-state index contributed by atoms with van der Waals surface area (Å²) in [6.07, 6.45) is 5.12. The lowest BCUT2D eigenvalue weighted by Gasteiger charge is -2.13. The van der Waals surface area contributed by atoms with Crippen LogP contribution in [0.15, 0.2) is 35.2 Å². The smallest absolute Gasteiger partial charge is 0.320 e. The van der Waals surface area contributed by atoms with E-state index in [1.54, 1.807) is 18.5 Å². The molecule has 7 nitrogen and oxygen atoms in total. The molecule has 0 unspecified atom stereocenters. The molecular weight excluding hydrogens is 294 g/mol. The Labute approximate surface area is 133 Å². The van der Waals surface area contributed by atoms with Crippen LogP contribution in [0.4, 0.5) is 10.6 Å². The first-order chi connectivity index (χ1) is 10.9. The predicted octanol–water partition coefficient (Wildman–Crippen LogP) is 3.17. The second-order valence-corrected chi connectivity index (χ2v) is 6.32. The van der Waals surface area contributed by atoms with Gasteiger partial charge >= 0.3 is 6.03 Å². The molecule has 3 N–H and O–H groups in total. The summed E-state index contributed by atoms with van der Waals surface area (Å²) >= 11 is 0. The monoisotopic (exact) mass is 313 g/mol. The van der Waals surface area contributed by atoms with Gasteiger partial charge in [0.05, 0.1) is 24.0 Å². The number of urea groups is 1. The molecule has 0 fully saturated rings. The minimum atomic E-state index is -0.358. The normalized spacial score (nSPS) is 11.6. The number of anilines is 1. The third kappa shape index (κ3) is 3.50. The summed E-state index contributed by atoms with van der Waals surface area (Å²) in [7, 11) is 0. The second kappa shape index (κ2) is 5.75. The van der Waals surface area contributed by atoms with Crippen molar-refractivity contribution in [3.63, 3.8) is 0 Å². The Balaban J connectivity index is 1.58. The molecule has 0 saturated carbocycles. The van der Waals surface area contributed by atoms with Crippen molar-refractivity contribution in [1.29, 1.82) is 0 Å². The number of nitrogens with one attached hydrogen (secondary N) is 3. The maximum Gasteiger partial charge on any atom is 0.320 e. The van der Waals surface area contributed by atoms with Gasteiger partial charge in [-0.1, -0.05) is 20.8 Å². The Morgan fingerprint density at radius 1 is 1.39 bits per heavy atom. The summed E-state index contributed by atoms with van der Waals surface area (Å²) in [6, 6.07) is 3.36. The number of carbonyl (C=O) groups excluding carboxylic acids is 1. The zero-order valence-electron chi connectivity index (χ0n) is 13.3. The van der Waals surface area contributed by atoms with E-state index in [4.69, 9.17) is 4.42 Å². The molecular formula is C16H19N5O2. The van der Waals surface area contributed by atoms with Crippen LogP contribution in [0.25, 0.3) is 10.9 Å². The Bertz CT molecular complexity index is 828. The van der Waals surface area contributed by atoms with Gasteiger partial charge in [-0.25, -0.2) is 14.8 Å². The van der Waals surface area contributed by atoms with Crippen molar-refractivity contribution in [3.8, 4) is 0 Å². The Hall–Kier alpha value is -2.83. The number of oxazole rings is 1. The molecule has 3 aromatic rings. The van der Waals surface area contributed by atoms with E-state index in [1.807, 2.05) is 12.3 Å². The number of pyridine rings is 1. The number of hydrogen-bond donors (Lipinski definition) is 3. The van der Waals surface area contributed by atoms with Crippen LogP contribution in [-0.4, -0.2) is 21.0 Å². The first-order valence-corrected chi connectivity index (χ1v) is 7.35. The van der Waals surface area contributed by atoms with Crippen LogP contribution in [0.2, 0.25) is 0 Å².